The zero-order valence-electron chi connectivity index (χ0n) is 17.0. The Labute approximate surface area is 181 Å². The van der Waals surface area contributed by atoms with Crippen molar-refractivity contribution in [2.45, 2.75) is 42.7 Å². The van der Waals surface area contributed by atoms with E-state index in [1.807, 2.05) is 18.0 Å². The van der Waals surface area contributed by atoms with Crippen LogP contribution in [-0.4, -0.2) is 61.3 Å². The van der Waals surface area contributed by atoms with E-state index in [1.165, 1.54) is 0 Å². The third-order valence-electron chi connectivity index (χ3n) is 7.85. The first-order valence-corrected chi connectivity index (χ1v) is 10.8. The molecule has 2 heterocycles. The van der Waals surface area contributed by atoms with Gasteiger partial charge in [0.25, 0.3) is 0 Å². The number of benzene rings is 1. The lowest BCUT2D eigenvalue weighted by Crippen LogP contribution is -2.68. The molecule has 5 rings (SSSR count). The van der Waals surface area contributed by atoms with Gasteiger partial charge in [-0.3, -0.25) is 4.79 Å². The normalized spacial score (nSPS) is 36.1. The Morgan fingerprint density at radius 3 is 2.62 bits per heavy atom. The highest BCUT2D eigenvalue weighted by Crippen LogP contribution is 2.74. The van der Waals surface area contributed by atoms with Crippen LogP contribution in [0.1, 0.15) is 42.9 Å². The van der Waals surface area contributed by atoms with E-state index in [-0.39, 0.29) is 29.4 Å². The molecule has 29 heavy (non-hydrogen) atoms. The van der Waals surface area contributed by atoms with Gasteiger partial charge in [-0.25, -0.2) is 0 Å². The van der Waals surface area contributed by atoms with Gasteiger partial charge in [0.15, 0.2) is 11.5 Å². The molecule has 1 saturated carbocycles. The molecule has 2 aliphatic heterocycles. The van der Waals surface area contributed by atoms with Gasteiger partial charge in [-0.1, -0.05) is 6.07 Å². The van der Waals surface area contributed by atoms with Gasteiger partial charge in [0.1, 0.15) is 0 Å². The van der Waals surface area contributed by atoms with Crippen molar-refractivity contribution in [2.24, 2.45) is 5.41 Å². The number of alkyl halides is 2. The number of hydrogen-bond donors (Lipinski definition) is 1. The molecule has 0 unspecified atom stereocenters. The Bertz CT molecular complexity index is 836. The Kier molecular flexibility index (Phi) is 5.21. The van der Waals surface area contributed by atoms with Gasteiger partial charge in [0.2, 0.25) is 5.91 Å². The van der Waals surface area contributed by atoms with Crippen LogP contribution in [-0.2, 0) is 14.9 Å². The summed E-state index contributed by atoms with van der Waals surface area (Å²) in [4.78, 5) is 14.9. The lowest BCUT2D eigenvalue weighted by atomic mass is 9.53. The number of likely N-dealkylation sites (N-methyl/N-ethyl adjacent to an activating group) is 1. The summed E-state index contributed by atoms with van der Waals surface area (Å²) in [6, 6.07) is 3.99. The van der Waals surface area contributed by atoms with E-state index in [2.05, 4.69) is 6.07 Å². The van der Waals surface area contributed by atoms with Crippen molar-refractivity contribution in [2.75, 3.05) is 39.8 Å². The summed E-state index contributed by atoms with van der Waals surface area (Å²) < 4.78 is 17.6. The second-order valence-corrected chi connectivity index (χ2v) is 9.19. The van der Waals surface area contributed by atoms with E-state index >= 15 is 0 Å². The Balaban J connectivity index is 0.000000645. The minimum absolute atomic E-state index is 0.0285. The topological polar surface area (TPSA) is 68.2 Å². The predicted molar refractivity (Wildman–Crippen MR) is 110 cm³/mol. The summed E-state index contributed by atoms with van der Waals surface area (Å²) >= 11 is 9.53. The number of carbonyl (C=O) groups excluding carboxylic acids is 1. The number of likely N-dealkylation sites (tertiary alicyclic amines) is 1. The highest BCUT2D eigenvalue weighted by molar-refractivity contribution is 6.40. The molecular weight excluding hydrogens is 417 g/mol. The molecule has 2 bridgehead atoms. The largest absolute Gasteiger partial charge is 0.493 e. The highest BCUT2D eigenvalue weighted by Gasteiger charge is 2.78. The van der Waals surface area contributed by atoms with Gasteiger partial charge in [0.05, 0.1) is 44.4 Å². The molecule has 4 atom stereocenters. The maximum absolute atomic E-state index is 13.0. The smallest absolute Gasteiger partial charge is 0.223 e. The van der Waals surface area contributed by atoms with Gasteiger partial charge in [0, 0.05) is 36.3 Å². The first-order valence-electron chi connectivity index (χ1n) is 9.78. The number of fused-ring (bicyclic) bond motifs is 3. The monoisotopic (exact) mass is 443 g/mol. The van der Waals surface area contributed by atoms with E-state index < -0.39 is 11.0 Å². The molecule has 8 heteroatoms. The number of carbonyl (C=O) groups is 1. The standard InChI is InChI=1S/C20H25NO5.CH2Cl2/c1-21-15(23)9-19-7-6-18(10-22)11-26-14(8-20(18,19)21)12-4-5-13(24-2)17(25-3)16(12)19;2-1-3/h4-5,14,22H,6-11H2,1-3H3;1H2/t14-,18-,19+,20+;/m0./s1. The summed E-state index contributed by atoms with van der Waals surface area (Å²) in [6.07, 6.45) is 2.78. The predicted octanol–water partition coefficient (Wildman–Crippen LogP) is 3.21. The molecule has 1 aromatic rings. The fourth-order valence-corrected chi connectivity index (χ4v) is 6.78. The fraction of sp³-hybridized carbons (Fsp3) is 0.667. The Morgan fingerprint density at radius 2 is 2.00 bits per heavy atom. The lowest BCUT2D eigenvalue weighted by Gasteiger charge is -2.60. The molecule has 2 saturated heterocycles. The molecular formula is C21H27Cl2NO5. The second-order valence-electron chi connectivity index (χ2n) is 8.38. The molecule has 6 nitrogen and oxygen atoms in total. The number of amides is 1. The molecule has 160 valence electrons. The molecule has 0 radical (unpaired) electrons. The van der Waals surface area contributed by atoms with Crippen LogP contribution in [0, 0.1) is 5.41 Å². The van der Waals surface area contributed by atoms with Crippen LogP contribution in [0.3, 0.4) is 0 Å². The SMILES string of the molecule is COc1ccc2c(c1OC)[C@]13CC[C@]4(CO)CO[C@H]2C[C@@]41N(C)C(=O)C3.ClCCl. The molecule has 1 N–H and O–H groups in total. The maximum Gasteiger partial charge on any atom is 0.223 e. The van der Waals surface area contributed by atoms with Crippen molar-refractivity contribution in [3.63, 3.8) is 0 Å². The van der Waals surface area contributed by atoms with Gasteiger partial charge >= 0.3 is 0 Å². The van der Waals surface area contributed by atoms with Crippen molar-refractivity contribution in [3.05, 3.63) is 23.3 Å². The van der Waals surface area contributed by atoms with E-state index in [4.69, 9.17) is 37.4 Å². The summed E-state index contributed by atoms with van der Waals surface area (Å²) in [7, 11) is 5.19. The summed E-state index contributed by atoms with van der Waals surface area (Å²) in [5.41, 5.74) is 0.951. The Hall–Kier alpha value is -1.21. The molecule has 4 aliphatic rings. The minimum atomic E-state index is -0.429. The number of rotatable bonds is 3. The Morgan fingerprint density at radius 1 is 1.28 bits per heavy atom. The number of aliphatic hydroxyl groups is 1. The van der Waals surface area contributed by atoms with E-state index in [9.17, 15) is 9.90 Å². The first kappa shape index (κ1) is 21.0. The summed E-state index contributed by atoms with van der Waals surface area (Å²) in [5.74, 6) is 1.53. The first-order chi connectivity index (χ1) is 13.9. The van der Waals surface area contributed by atoms with E-state index in [0.717, 1.165) is 30.4 Å². The average molecular weight is 444 g/mol. The number of halogens is 2. The number of ether oxygens (including phenoxy) is 3. The van der Waals surface area contributed by atoms with Gasteiger partial charge < -0.3 is 24.2 Å². The zero-order chi connectivity index (χ0) is 21.0. The molecule has 3 fully saturated rings. The van der Waals surface area contributed by atoms with Crippen LogP contribution in [0.2, 0.25) is 0 Å². The summed E-state index contributed by atoms with van der Waals surface area (Å²) in [5, 5.41) is 10.6. The van der Waals surface area contributed by atoms with Crippen LogP contribution in [0.4, 0.5) is 0 Å². The van der Waals surface area contributed by atoms with Crippen molar-refractivity contribution < 1.29 is 24.1 Å². The number of nitrogens with zero attached hydrogens (tertiary/aromatic N) is 1. The number of methoxy groups -OCH3 is 2. The van der Waals surface area contributed by atoms with E-state index in [1.54, 1.807) is 14.2 Å². The maximum atomic E-state index is 13.0. The number of hydrogen-bond acceptors (Lipinski definition) is 5. The van der Waals surface area contributed by atoms with Crippen LogP contribution >= 0.6 is 23.2 Å². The zero-order valence-corrected chi connectivity index (χ0v) is 18.5. The molecule has 1 amide bonds. The van der Waals surface area contributed by atoms with Gasteiger partial charge in [-0.15, -0.1) is 23.2 Å². The van der Waals surface area contributed by atoms with Crippen molar-refractivity contribution in [3.8, 4) is 11.5 Å². The van der Waals surface area contributed by atoms with Crippen LogP contribution in [0.25, 0.3) is 0 Å². The second kappa shape index (κ2) is 7.19. The molecule has 1 spiro atoms. The lowest BCUT2D eigenvalue weighted by molar-refractivity contribution is -0.180. The van der Waals surface area contributed by atoms with Gasteiger partial charge in [-0.05, 0) is 24.5 Å². The van der Waals surface area contributed by atoms with Crippen LogP contribution < -0.4 is 9.47 Å². The third kappa shape index (κ3) is 2.34. The fourth-order valence-electron chi connectivity index (χ4n) is 6.78. The van der Waals surface area contributed by atoms with Crippen LogP contribution in [0.15, 0.2) is 12.1 Å². The number of aliphatic hydroxyl groups excluding tert-OH is 1. The van der Waals surface area contributed by atoms with Crippen molar-refractivity contribution in [1.82, 2.24) is 4.90 Å². The average Bonchev–Trinajstić information content (AvgIpc) is 3.17. The van der Waals surface area contributed by atoms with Crippen molar-refractivity contribution >= 4 is 29.1 Å². The third-order valence-corrected chi connectivity index (χ3v) is 7.85. The summed E-state index contributed by atoms with van der Waals surface area (Å²) in [6.45, 7) is 0.516. The van der Waals surface area contributed by atoms with Crippen LogP contribution in [0.5, 0.6) is 11.5 Å². The highest BCUT2D eigenvalue weighted by atomic mass is 35.5. The molecule has 0 aromatic heterocycles. The van der Waals surface area contributed by atoms with E-state index in [0.29, 0.717) is 24.5 Å². The quantitative estimate of drug-likeness (QED) is 0.726. The molecule has 1 aromatic carbocycles. The molecule has 2 aliphatic carbocycles. The van der Waals surface area contributed by atoms with Crippen molar-refractivity contribution in [1.29, 1.82) is 0 Å². The minimum Gasteiger partial charge on any atom is -0.493 e. The van der Waals surface area contributed by atoms with Gasteiger partial charge in [-0.2, -0.15) is 0 Å².